The molecule has 5 heteroatoms. The molecule has 1 aromatic rings. The number of morpholine rings is 1. The van der Waals surface area contributed by atoms with Crippen LogP contribution in [0.15, 0.2) is 22.7 Å². The molecule has 1 saturated heterocycles. The lowest BCUT2D eigenvalue weighted by molar-refractivity contribution is -0.0653. The zero-order valence-corrected chi connectivity index (χ0v) is 13.6. The largest absolute Gasteiger partial charge is 0.376 e. The summed E-state index contributed by atoms with van der Waals surface area (Å²) in [6.45, 7) is 6.53. The van der Waals surface area contributed by atoms with Gasteiger partial charge in [-0.2, -0.15) is 0 Å². The highest BCUT2D eigenvalue weighted by Crippen LogP contribution is 2.30. The molecule has 1 aromatic carbocycles. The fourth-order valence-electron chi connectivity index (χ4n) is 2.55. The molecule has 0 aliphatic carbocycles. The van der Waals surface area contributed by atoms with E-state index in [1.165, 1.54) is 5.56 Å². The zero-order valence-electron chi connectivity index (χ0n) is 11.3. The maximum absolute atomic E-state index is 6.05. The van der Waals surface area contributed by atoms with Gasteiger partial charge in [0.25, 0.3) is 0 Å². The molecule has 1 fully saturated rings. The third kappa shape index (κ3) is 3.50. The number of hydrogen-bond donors (Lipinski definition) is 1. The minimum absolute atomic E-state index is 0.204. The van der Waals surface area contributed by atoms with E-state index >= 15 is 0 Å². The lowest BCUT2D eigenvalue weighted by Crippen LogP contribution is -2.50. The fourth-order valence-corrected chi connectivity index (χ4v) is 3.06. The van der Waals surface area contributed by atoms with Crippen molar-refractivity contribution in [3.05, 3.63) is 33.3 Å². The van der Waals surface area contributed by atoms with Crippen LogP contribution in [0.2, 0.25) is 5.02 Å². The smallest absolute Gasteiger partial charge is 0.0675 e. The molecule has 1 heterocycles. The Morgan fingerprint density at radius 1 is 1.53 bits per heavy atom. The van der Waals surface area contributed by atoms with Crippen LogP contribution in [-0.2, 0) is 4.74 Å². The molecule has 0 radical (unpaired) electrons. The van der Waals surface area contributed by atoms with Gasteiger partial charge in [0.05, 0.1) is 17.7 Å². The van der Waals surface area contributed by atoms with Crippen molar-refractivity contribution in [2.45, 2.75) is 32.0 Å². The Morgan fingerprint density at radius 2 is 2.26 bits per heavy atom. The number of ether oxygens (including phenoxy) is 1. The van der Waals surface area contributed by atoms with Crippen molar-refractivity contribution < 1.29 is 4.74 Å². The predicted octanol–water partition coefficient (Wildman–Crippen LogP) is 3.21. The van der Waals surface area contributed by atoms with Crippen LogP contribution in [0.3, 0.4) is 0 Å². The van der Waals surface area contributed by atoms with Crippen LogP contribution >= 0.6 is 27.5 Å². The third-order valence-electron chi connectivity index (χ3n) is 3.61. The van der Waals surface area contributed by atoms with Gasteiger partial charge in [-0.15, -0.1) is 0 Å². The molecular weight excluding hydrogens is 328 g/mol. The highest BCUT2D eigenvalue weighted by atomic mass is 79.9. The number of hydrogen-bond acceptors (Lipinski definition) is 3. The van der Waals surface area contributed by atoms with Gasteiger partial charge in [-0.1, -0.05) is 17.7 Å². The fraction of sp³-hybridized carbons (Fsp3) is 0.571. The average Bonchev–Trinajstić information content (AvgIpc) is 2.38. The first kappa shape index (κ1) is 15.3. The number of benzene rings is 1. The second-order valence-corrected chi connectivity index (χ2v) is 6.38. The maximum atomic E-state index is 6.05. The molecule has 0 saturated carbocycles. The number of halogens is 2. The molecule has 3 atom stereocenters. The van der Waals surface area contributed by atoms with Crippen molar-refractivity contribution in [2.75, 3.05) is 19.7 Å². The third-order valence-corrected chi connectivity index (χ3v) is 4.82. The minimum atomic E-state index is 0.204. The Morgan fingerprint density at radius 3 is 2.89 bits per heavy atom. The molecule has 0 bridgehead atoms. The normalized spacial score (nSPS) is 26.4. The molecular formula is C14H20BrClN2O. The topological polar surface area (TPSA) is 38.5 Å². The summed E-state index contributed by atoms with van der Waals surface area (Å²) in [5.41, 5.74) is 7.19. The van der Waals surface area contributed by atoms with Crippen molar-refractivity contribution in [1.82, 2.24) is 4.90 Å². The van der Waals surface area contributed by atoms with Crippen molar-refractivity contribution >= 4 is 27.5 Å². The molecule has 2 rings (SSSR count). The Bertz CT molecular complexity index is 443. The summed E-state index contributed by atoms with van der Waals surface area (Å²) >= 11 is 9.53. The zero-order chi connectivity index (χ0) is 14.0. The maximum Gasteiger partial charge on any atom is 0.0675 e. The molecule has 3 nitrogen and oxygen atoms in total. The first-order valence-corrected chi connectivity index (χ1v) is 7.72. The van der Waals surface area contributed by atoms with Gasteiger partial charge in [0.1, 0.15) is 0 Å². The standard InChI is InChI=1S/C14H20BrClN2O/c1-9-8-19-10(2)7-18(9)14(6-17)11-3-4-13(16)12(15)5-11/h3-5,9-10,14H,6-8,17H2,1-2H3. The summed E-state index contributed by atoms with van der Waals surface area (Å²) in [7, 11) is 0. The van der Waals surface area contributed by atoms with Crippen LogP contribution in [0.1, 0.15) is 25.5 Å². The van der Waals surface area contributed by atoms with Gasteiger partial charge in [0.15, 0.2) is 0 Å². The average molecular weight is 348 g/mol. The summed E-state index contributed by atoms with van der Waals surface area (Å²) in [5, 5.41) is 0.725. The van der Waals surface area contributed by atoms with E-state index in [9.17, 15) is 0 Å². The van der Waals surface area contributed by atoms with E-state index in [4.69, 9.17) is 22.1 Å². The summed E-state index contributed by atoms with van der Waals surface area (Å²) < 4.78 is 6.60. The van der Waals surface area contributed by atoms with Gasteiger partial charge in [0, 0.05) is 29.6 Å². The van der Waals surface area contributed by atoms with Crippen LogP contribution in [-0.4, -0.2) is 36.7 Å². The first-order valence-electron chi connectivity index (χ1n) is 6.55. The van der Waals surface area contributed by atoms with E-state index in [1.54, 1.807) is 0 Å². The van der Waals surface area contributed by atoms with Crippen LogP contribution in [0, 0.1) is 0 Å². The monoisotopic (exact) mass is 346 g/mol. The second-order valence-electron chi connectivity index (χ2n) is 5.11. The quantitative estimate of drug-likeness (QED) is 0.912. The molecule has 19 heavy (non-hydrogen) atoms. The van der Waals surface area contributed by atoms with Crippen molar-refractivity contribution in [2.24, 2.45) is 5.73 Å². The van der Waals surface area contributed by atoms with Gasteiger partial charge in [0.2, 0.25) is 0 Å². The summed E-state index contributed by atoms with van der Waals surface area (Å²) in [5.74, 6) is 0. The van der Waals surface area contributed by atoms with E-state index in [-0.39, 0.29) is 12.1 Å². The molecule has 0 aromatic heterocycles. The van der Waals surface area contributed by atoms with Crippen molar-refractivity contribution in [3.8, 4) is 0 Å². The molecule has 1 aliphatic rings. The highest BCUT2D eigenvalue weighted by molar-refractivity contribution is 9.10. The van der Waals surface area contributed by atoms with Gasteiger partial charge >= 0.3 is 0 Å². The van der Waals surface area contributed by atoms with Gasteiger partial charge in [-0.25, -0.2) is 0 Å². The molecule has 1 aliphatic heterocycles. The van der Waals surface area contributed by atoms with Crippen molar-refractivity contribution in [3.63, 3.8) is 0 Å². The second kappa shape index (κ2) is 6.55. The number of rotatable bonds is 3. The van der Waals surface area contributed by atoms with Gasteiger partial charge in [-0.05, 0) is 47.5 Å². The highest BCUT2D eigenvalue weighted by Gasteiger charge is 2.29. The van der Waals surface area contributed by atoms with E-state index in [1.807, 2.05) is 6.07 Å². The molecule has 2 N–H and O–H groups in total. The lowest BCUT2D eigenvalue weighted by Gasteiger charge is -2.41. The Balaban J connectivity index is 2.25. The summed E-state index contributed by atoms with van der Waals surface area (Å²) in [6, 6.07) is 6.61. The number of nitrogens with zero attached hydrogens (tertiary/aromatic N) is 1. The SMILES string of the molecule is CC1CN(C(CN)c2ccc(Cl)c(Br)c2)C(C)CO1. The predicted molar refractivity (Wildman–Crippen MR) is 82.5 cm³/mol. The van der Waals surface area contributed by atoms with E-state index < -0.39 is 0 Å². The molecule has 3 unspecified atom stereocenters. The molecule has 0 amide bonds. The van der Waals surface area contributed by atoms with Crippen molar-refractivity contribution in [1.29, 1.82) is 0 Å². The lowest BCUT2D eigenvalue weighted by atomic mass is 10.0. The Kier molecular flexibility index (Phi) is 5.26. The van der Waals surface area contributed by atoms with E-state index in [0.717, 1.165) is 22.6 Å². The van der Waals surface area contributed by atoms with E-state index in [0.29, 0.717) is 12.6 Å². The first-order chi connectivity index (χ1) is 9.02. The van der Waals surface area contributed by atoms with Crippen LogP contribution in [0.5, 0.6) is 0 Å². The van der Waals surface area contributed by atoms with E-state index in [2.05, 4.69) is 46.8 Å². The Hall–Kier alpha value is -0.130. The van der Waals surface area contributed by atoms with Crippen LogP contribution in [0.4, 0.5) is 0 Å². The molecule has 106 valence electrons. The molecule has 0 spiro atoms. The van der Waals surface area contributed by atoms with Gasteiger partial charge < -0.3 is 10.5 Å². The summed E-state index contributed by atoms with van der Waals surface area (Å²) in [6.07, 6.45) is 0.251. The summed E-state index contributed by atoms with van der Waals surface area (Å²) in [4.78, 5) is 2.42. The minimum Gasteiger partial charge on any atom is -0.376 e. The van der Waals surface area contributed by atoms with Gasteiger partial charge in [-0.3, -0.25) is 4.90 Å². The number of nitrogens with two attached hydrogens (primary N) is 1. The Labute approximate surface area is 128 Å². The van der Waals surface area contributed by atoms with Crippen LogP contribution in [0.25, 0.3) is 0 Å². The van der Waals surface area contributed by atoms with Crippen LogP contribution < -0.4 is 5.73 Å².